The predicted molar refractivity (Wildman–Crippen MR) is 84.6 cm³/mol. The van der Waals surface area contributed by atoms with E-state index in [0.717, 1.165) is 36.7 Å². The number of carbonyl (C=O) groups is 1. The minimum Gasteiger partial charge on any atom is -0.351 e. The number of piperidine rings is 1. The number of nitriles is 1. The van der Waals surface area contributed by atoms with Gasteiger partial charge < -0.3 is 4.90 Å². The highest BCUT2D eigenvalue weighted by atomic mass is 32.2. The molecule has 0 bridgehead atoms. The molecular formula is C16H15N3OS. The van der Waals surface area contributed by atoms with E-state index >= 15 is 0 Å². The Kier molecular flexibility index (Phi) is 4.07. The second-order valence-corrected chi connectivity index (χ2v) is 6.10. The summed E-state index contributed by atoms with van der Waals surface area (Å²) in [6, 6.07) is 9.35. The summed E-state index contributed by atoms with van der Waals surface area (Å²) < 4.78 is 0. The van der Waals surface area contributed by atoms with Crippen molar-refractivity contribution < 1.29 is 4.79 Å². The number of hydrogen-bond acceptors (Lipinski definition) is 4. The van der Waals surface area contributed by atoms with Gasteiger partial charge in [-0.05, 0) is 54.8 Å². The molecule has 1 saturated heterocycles. The van der Waals surface area contributed by atoms with E-state index in [4.69, 9.17) is 5.26 Å². The van der Waals surface area contributed by atoms with E-state index in [1.807, 2.05) is 18.2 Å². The van der Waals surface area contributed by atoms with Crippen LogP contribution in [-0.2, 0) is 4.79 Å². The monoisotopic (exact) mass is 297 g/mol. The molecule has 0 N–H and O–H groups in total. The molecule has 4 nitrogen and oxygen atoms in total. The molecule has 1 amide bonds. The van der Waals surface area contributed by atoms with Crippen molar-refractivity contribution in [3.05, 3.63) is 40.3 Å². The molecule has 2 heterocycles. The molecule has 0 aromatic heterocycles. The third-order valence-electron chi connectivity index (χ3n) is 3.55. The highest BCUT2D eigenvalue weighted by molar-refractivity contribution is 8.18. The number of hydrogen-bond donors (Lipinski definition) is 0. The van der Waals surface area contributed by atoms with Crippen LogP contribution in [0.2, 0.25) is 0 Å². The van der Waals surface area contributed by atoms with Crippen LogP contribution >= 0.6 is 11.8 Å². The first-order valence-corrected chi connectivity index (χ1v) is 7.85. The minimum atomic E-state index is -0.178. The number of amidine groups is 1. The summed E-state index contributed by atoms with van der Waals surface area (Å²) in [5.74, 6) is -0.178. The van der Waals surface area contributed by atoms with Gasteiger partial charge in [-0.25, -0.2) is 0 Å². The van der Waals surface area contributed by atoms with Gasteiger partial charge in [-0.15, -0.1) is 0 Å². The zero-order valence-electron chi connectivity index (χ0n) is 11.6. The van der Waals surface area contributed by atoms with Crippen LogP contribution in [0.15, 0.2) is 34.2 Å². The molecule has 1 aromatic rings. The number of rotatable bonds is 1. The molecule has 2 aliphatic heterocycles. The van der Waals surface area contributed by atoms with Crippen molar-refractivity contribution in [3.63, 3.8) is 0 Å². The first-order chi connectivity index (χ1) is 10.3. The molecule has 106 valence electrons. The molecule has 5 heteroatoms. The van der Waals surface area contributed by atoms with Gasteiger partial charge in [0.15, 0.2) is 5.17 Å². The van der Waals surface area contributed by atoms with Crippen LogP contribution in [0.5, 0.6) is 0 Å². The van der Waals surface area contributed by atoms with E-state index in [0.29, 0.717) is 10.5 Å². The van der Waals surface area contributed by atoms with Gasteiger partial charge in [0, 0.05) is 13.1 Å². The Hall–Kier alpha value is -2.06. The van der Waals surface area contributed by atoms with Gasteiger partial charge in [-0.3, -0.25) is 4.79 Å². The Labute approximate surface area is 128 Å². The van der Waals surface area contributed by atoms with Gasteiger partial charge >= 0.3 is 0 Å². The second kappa shape index (κ2) is 6.15. The van der Waals surface area contributed by atoms with Crippen LogP contribution in [0.25, 0.3) is 6.08 Å². The smallest absolute Gasteiger partial charge is 0.286 e. The fourth-order valence-electron chi connectivity index (χ4n) is 2.47. The van der Waals surface area contributed by atoms with Crippen molar-refractivity contribution >= 4 is 28.9 Å². The quantitative estimate of drug-likeness (QED) is 0.748. The maximum absolute atomic E-state index is 12.0. The van der Waals surface area contributed by atoms with Gasteiger partial charge in [0.1, 0.15) is 0 Å². The number of nitrogens with zero attached hydrogens (tertiary/aromatic N) is 3. The lowest BCUT2D eigenvalue weighted by Crippen LogP contribution is -2.33. The lowest BCUT2D eigenvalue weighted by Gasteiger charge is -2.27. The molecule has 0 aliphatic carbocycles. The van der Waals surface area contributed by atoms with Crippen molar-refractivity contribution in [1.82, 2.24) is 4.90 Å². The average molecular weight is 297 g/mol. The van der Waals surface area contributed by atoms with Crippen molar-refractivity contribution in [3.8, 4) is 6.07 Å². The molecule has 1 fully saturated rings. The van der Waals surface area contributed by atoms with E-state index in [9.17, 15) is 4.79 Å². The average Bonchev–Trinajstić information content (AvgIpc) is 2.89. The van der Waals surface area contributed by atoms with E-state index in [2.05, 4.69) is 16.0 Å². The molecule has 2 aliphatic rings. The van der Waals surface area contributed by atoms with Crippen LogP contribution in [0.3, 0.4) is 0 Å². The van der Waals surface area contributed by atoms with E-state index in [1.54, 1.807) is 12.1 Å². The van der Waals surface area contributed by atoms with Crippen molar-refractivity contribution in [2.45, 2.75) is 19.3 Å². The largest absolute Gasteiger partial charge is 0.351 e. The minimum absolute atomic E-state index is 0.178. The van der Waals surface area contributed by atoms with Gasteiger partial charge in [-0.2, -0.15) is 10.3 Å². The van der Waals surface area contributed by atoms with Crippen molar-refractivity contribution in [2.75, 3.05) is 13.1 Å². The Balaban J connectivity index is 1.77. The summed E-state index contributed by atoms with van der Waals surface area (Å²) >= 11 is 1.44. The molecule has 21 heavy (non-hydrogen) atoms. The normalized spacial score (nSPS) is 20.5. The van der Waals surface area contributed by atoms with Crippen LogP contribution in [0, 0.1) is 11.3 Å². The summed E-state index contributed by atoms with van der Waals surface area (Å²) in [6.07, 6.45) is 5.40. The second-order valence-electron chi connectivity index (χ2n) is 5.10. The topological polar surface area (TPSA) is 56.5 Å². The van der Waals surface area contributed by atoms with Crippen LogP contribution < -0.4 is 0 Å². The first kappa shape index (κ1) is 13.9. The summed E-state index contributed by atoms with van der Waals surface area (Å²) in [5, 5.41) is 9.74. The van der Waals surface area contributed by atoms with Crippen LogP contribution in [0.4, 0.5) is 0 Å². The number of likely N-dealkylation sites (tertiary alicyclic amines) is 1. The molecular weight excluding hydrogens is 282 g/mol. The Morgan fingerprint density at radius 1 is 1.29 bits per heavy atom. The van der Waals surface area contributed by atoms with Gasteiger partial charge in [0.25, 0.3) is 5.91 Å². The number of thioether (sulfide) groups is 1. The third kappa shape index (κ3) is 3.17. The molecule has 0 unspecified atom stereocenters. The van der Waals surface area contributed by atoms with Crippen molar-refractivity contribution in [1.29, 1.82) is 5.26 Å². The predicted octanol–water partition coefficient (Wildman–Crippen LogP) is 3.01. The molecule has 0 atom stereocenters. The fourth-order valence-corrected chi connectivity index (χ4v) is 3.43. The van der Waals surface area contributed by atoms with Gasteiger partial charge in [0.2, 0.25) is 0 Å². The van der Waals surface area contributed by atoms with Gasteiger partial charge in [-0.1, -0.05) is 12.1 Å². The van der Waals surface area contributed by atoms with E-state index < -0.39 is 0 Å². The first-order valence-electron chi connectivity index (χ1n) is 7.04. The van der Waals surface area contributed by atoms with Crippen LogP contribution in [-0.4, -0.2) is 29.1 Å². The SMILES string of the molecule is N#Cc1cccc(C=C2SC(N3CCCCC3)=NC2=O)c1. The number of benzene rings is 1. The summed E-state index contributed by atoms with van der Waals surface area (Å²) in [6.45, 7) is 1.96. The maximum atomic E-state index is 12.0. The third-order valence-corrected chi connectivity index (χ3v) is 4.59. The lowest BCUT2D eigenvalue weighted by atomic mass is 10.1. The molecule has 3 rings (SSSR count). The fraction of sp³-hybridized carbons (Fsp3) is 0.312. The van der Waals surface area contributed by atoms with Crippen LogP contribution in [0.1, 0.15) is 30.4 Å². The maximum Gasteiger partial charge on any atom is 0.286 e. The zero-order valence-corrected chi connectivity index (χ0v) is 12.4. The highest BCUT2D eigenvalue weighted by Crippen LogP contribution is 2.31. The van der Waals surface area contributed by atoms with Crippen molar-refractivity contribution in [2.24, 2.45) is 4.99 Å². The summed E-state index contributed by atoms with van der Waals surface area (Å²) in [5.41, 5.74) is 1.46. The number of amides is 1. The summed E-state index contributed by atoms with van der Waals surface area (Å²) in [4.78, 5) is 19.0. The lowest BCUT2D eigenvalue weighted by molar-refractivity contribution is -0.113. The highest BCUT2D eigenvalue weighted by Gasteiger charge is 2.26. The number of carbonyl (C=O) groups excluding carboxylic acids is 1. The Morgan fingerprint density at radius 2 is 2.10 bits per heavy atom. The molecule has 0 radical (unpaired) electrons. The summed E-state index contributed by atoms with van der Waals surface area (Å²) in [7, 11) is 0. The number of aliphatic imine (C=N–C) groups is 1. The Bertz CT molecular complexity index is 666. The molecule has 0 saturated carbocycles. The van der Waals surface area contributed by atoms with Gasteiger partial charge in [0.05, 0.1) is 16.5 Å². The molecule has 1 aromatic carbocycles. The standard InChI is InChI=1S/C16H15N3OS/c17-11-13-6-4-5-12(9-13)10-14-15(20)18-16(21-14)19-7-2-1-3-8-19/h4-6,9-10H,1-3,7-8H2. The zero-order chi connectivity index (χ0) is 14.7. The van der Waals surface area contributed by atoms with E-state index in [1.165, 1.54) is 18.2 Å². The molecule has 0 spiro atoms. The van der Waals surface area contributed by atoms with E-state index in [-0.39, 0.29) is 5.91 Å². The Morgan fingerprint density at radius 3 is 2.86 bits per heavy atom.